The Balaban J connectivity index is 1.41. The second-order valence-electron chi connectivity index (χ2n) is 8.10. The number of anilines is 1. The second-order valence-corrected chi connectivity index (χ2v) is 8.10. The molecule has 7 heteroatoms. The van der Waals surface area contributed by atoms with Gasteiger partial charge in [0.2, 0.25) is 5.89 Å². The molecule has 0 spiro atoms. The van der Waals surface area contributed by atoms with Crippen LogP contribution in [0, 0.1) is 6.92 Å². The van der Waals surface area contributed by atoms with E-state index in [1.807, 2.05) is 86.6 Å². The molecule has 34 heavy (non-hydrogen) atoms. The van der Waals surface area contributed by atoms with Gasteiger partial charge in [-0.15, -0.1) is 10.2 Å². The van der Waals surface area contributed by atoms with Crippen molar-refractivity contribution in [3.63, 3.8) is 0 Å². The van der Waals surface area contributed by atoms with Crippen molar-refractivity contribution in [1.82, 2.24) is 10.2 Å². The molecule has 1 amide bonds. The van der Waals surface area contributed by atoms with Crippen molar-refractivity contribution in [3.05, 3.63) is 78.4 Å². The molecule has 172 valence electrons. The molecule has 7 nitrogen and oxygen atoms in total. The standard InChI is InChI=1S/C27H25N3O4/c1-3-22(27(31)30-15-16-32-24-14-13-18(2)17-21(24)30)33-23-12-8-7-11-20(23)26-29-28-25(34-26)19-9-5-4-6-10-19/h4-14,17,22H,3,15-16H2,1-2H3/t22-/m0/s1. The van der Waals surface area contributed by atoms with Crippen LogP contribution in [0.1, 0.15) is 18.9 Å². The zero-order valence-electron chi connectivity index (χ0n) is 19.1. The third-order valence-electron chi connectivity index (χ3n) is 5.72. The normalized spacial score (nSPS) is 13.6. The molecule has 0 saturated heterocycles. The lowest BCUT2D eigenvalue weighted by Crippen LogP contribution is -2.45. The molecule has 4 aromatic rings. The number of hydrogen-bond acceptors (Lipinski definition) is 6. The fourth-order valence-electron chi connectivity index (χ4n) is 3.97. The van der Waals surface area contributed by atoms with Crippen molar-refractivity contribution in [2.75, 3.05) is 18.1 Å². The summed E-state index contributed by atoms with van der Waals surface area (Å²) in [5, 5.41) is 8.41. The Kier molecular flexibility index (Phi) is 5.99. The Morgan fingerprint density at radius 2 is 1.79 bits per heavy atom. The number of ether oxygens (including phenoxy) is 2. The molecule has 0 fully saturated rings. The molecular weight excluding hydrogens is 430 g/mol. The van der Waals surface area contributed by atoms with E-state index in [1.54, 1.807) is 4.90 Å². The first-order valence-electron chi connectivity index (χ1n) is 11.3. The van der Waals surface area contributed by atoms with Crippen LogP contribution in [0.5, 0.6) is 11.5 Å². The summed E-state index contributed by atoms with van der Waals surface area (Å²) < 4.78 is 17.9. The number of amides is 1. The maximum Gasteiger partial charge on any atom is 0.268 e. The summed E-state index contributed by atoms with van der Waals surface area (Å²) in [6.45, 7) is 4.85. The Morgan fingerprint density at radius 1 is 1.03 bits per heavy atom. The fraction of sp³-hybridized carbons (Fsp3) is 0.222. The highest BCUT2D eigenvalue weighted by molar-refractivity contribution is 5.98. The topological polar surface area (TPSA) is 77.7 Å². The summed E-state index contributed by atoms with van der Waals surface area (Å²) in [5.41, 5.74) is 3.31. The van der Waals surface area contributed by atoms with Crippen LogP contribution in [-0.4, -0.2) is 35.4 Å². The van der Waals surface area contributed by atoms with E-state index in [0.29, 0.717) is 48.4 Å². The van der Waals surface area contributed by atoms with E-state index in [2.05, 4.69) is 10.2 Å². The van der Waals surface area contributed by atoms with Crippen LogP contribution in [0.15, 0.2) is 77.2 Å². The zero-order valence-corrected chi connectivity index (χ0v) is 19.1. The molecule has 1 aliphatic heterocycles. The summed E-state index contributed by atoms with van der Waals surface area (Å²) in [4.78, 5) is 15.3. The monoisotopic (exact) mass is 455 g/mol. The Bertz CT molecular complexity index is 1300. The number of aromatic nitrogens is 2. The van der Waals surface area contributed by atoms with Gasteiger partial charge in [0.1, 0.15) is 18.1 Å². The van der Waals surface area contributed by atoms with Gasteiger partial charge in [0.05, 0.1) is 17.8 Å². The Morgan fingerprint density at radius 3 is 2.62 bits per heavy atom. The van der Waals surface area contributed by atoms with Gasteiger partial charge in [0.15, 0.2) is 6.10 Å². The third kappa shape index (κ3) is 4.24. The molecule has 2 heterocycles. The number of hydrogen-bond donors (Lipinski definition) is 0. The molecule has 1 aliphatic rings. The minimum atomic E-state index is -0.677. The Labute approximate surface area is 198 Å². The molecule has 1 aromatic heterocycles. The summed E-state index contributed by atoms with van der Waals surface area (Å²) in [7, 11) is 0. The summed E-state index contributed by atoms with van der Waals surface area (Å²) in [5.74, 6) is 1.88. The number of nitrogens with zero attached hydrogens (tertiary/aromatic N) is 3. The lowest BCUT2D eigenvalue weighted by atomic mass is 10.1. The zero-order chi connectivity index (χ0) is 23.5. The van der Waals surface area contributed by atoms with Gasteiger partial charge < -0.3 is 18.8 Å². The van der Waals surface area contributed by atoms with E-state index in [0.717, 1.165) is 16.8 Å². The van der Waals surface area contributed by atoms with E-state index in [9.17, 15) is 4.79 Å². The minimum absolute atomic E-state index is 0.108. The number of carbonyl (C=O) groups excluding carboxylic acids is 1. The van der Waals surface area contributed by atoms with Crippen molar-refractivity contribution in [2.45, 2.75) is 26.4 Å². The summed E-state index contributed by atoms with van der Waals surface area (Å²) in [6, 6.07) is 22.8. The van der Waals surface area contributed by atoms with Crippen molar-refractivity contribution in [2.24, 2.45) is 0 Å². The van der Waals surface area contributed by atoms with Crippen LogP contribution in [0.2, 0.25) is 0 Å². The van der Waals surface area contributed by atoms with Crippen LogP contribution >= 0.6 is 0 Å². The highest BCUT2D eigenvalue weighted by Gasteiger charge is 2.31. The molecule has 1 atom stereocenters. The number of aryl methyl sites for hydroxylation is 1. The van der Waals surface area contributed by atoms with Gasteiger partial charge in [-0.1, -0.05) is 43.3 Å². The first kappa shape index (κ1) is 21.7. The van der Waals surface area contributed by atoms with Gasteiger partial charge in [-0.3, -0.25) is 4.79 Å². The van der Waals surface area contributed by atoms with Crippen LogP contribution in [0.3, 0.4) is 0 Å². The average Bonchev–Trinajstić information content (AvgIpc) is 3.37. The molecular formula is C27H25N3O4. The summed E-state index contributed by atoms with van der Waals surface area (Å²) in [6.07, 6.45) is -0.172. The van der Waals surface area contributed by atoms with E-state index in [-0.39, 0.29) is 5.91 Å². The van der Waals surface area contributed by atoms with Crippen LogP contribution < -0.4 is 14.4 Å². The highest BCUT2D eigenvalue weighted by atomic mass is 16.5. The van der Waals surface area contributed by atoms with Gasteiger partial charge in [0, 0.05) is 5.56 Å². The predicted molar refractivity (Wildman–Crippen MR) is 129 cm³/mol. The summed E-state index contributed by atoms with van der Waals surface area (Å²) >= 11 is 0. The van der Waals surface area contributed by atoms with Crippen LogP contribution in [0.25, 0.3) is 22.9 Å². The number of carbonyl (C=O) groups is 1. The van der Waals surface area contributed by atoms with Gasteiger partial charge >= 0.3 is 0 Å². The first-order chi connectivity index (χ1) is 16.6. The maximum absolute atomic E-state index is 13.5. The first-order valence-corrected chi connectivity index (χ1v) is 11.3. The minimum Gasteiger partial charge on any atom is -0.490 e. The van der Waals surface area contributed by atoms with E-state index in [4.69, 9.17) is 13.9 Å². The van der Waals surface area contributed by atoms with Gasteiger partial charge in [-0.2, -0.15) is 0 Å². The maximum atomic E-state index is 13.5. The molecule has 0 bridgehead atoms. The van der Waals surface area contributed by atoms with Crippen molar-refractivity contribution < 1.29 is 18.7 Å². The smallest absolute Gasteiger partial charge is 0.268 e. The van der Waals surface area contributed by atoms with Crippen LogP contribution in [-0.2, 0) is 4.79 Å². The number of fused-ring (bicyclic) bond motifs is 1. The molecule has 5 rings (SSSR count). The van der Waals surface area contributed by atoms with Crippen molar-refractivity contribution in [3.8, 4) is 34.4 Å². The quantitative estimate of drug-likeness (QED) is 0.393. The molecule has 0 radical (unpaired) electrons. The van der Waals surface area contributed by atoms with Gasteiger partial charge in [-0.25, -0.2) is 0 Å². The second kappa shape index (κ2) is 9.39. The lowest BCUT2D eigenvalue weighted by Gasteiger charge is -2.32. The van der Waals surface area contributed by atoms with E-state index < -0.39 is 6.10 Å². The van der Waals surface area contributed by atoms with Crippen LogP contribution in [0.4, 0.5) is 5.69 Å². The molecule has 0 saturated carbocycles. The fourth-order valence-corrected chi connectivity index (χ4v) is 3.97. The molecule has 0 N–H and O–H groups in total. The van der Waals surface area contributed by atoms with Crippen molar-refractivity contribution in [1.29, 1.82) is 0 Å². The van der Waals surface area contributed by atoms with E-state index >= 15 is 0 Å². The number of para-hydroxylation sites is 1. The average molecular weight is 456 g/mol. The molecule has 3 aromatic carbocycles. The molecule has 0 unspecified atom stereocenters. The van der Waals surface area contributed by atoms with Crippen molar-refractivity contribution >= 4 is 11.6 Å². The van der Waals surface area contributed by atoms with Gasteiger partial charge in [0.25, 0.3) is 11.8 Å². The van der Waals surface area contributed by atoms with Gasteiger partial charge in [-0.05, 0) is 55.3 Å². The van der Waals surface area contributed by atoms with E-state index in [1.165, 1.54) is 0 Å². The Hall–Kier alpha value is -4.13. The lowest BCUT2D eigenvalue weighted by molar-refractivity contribution is -0.125. The SMILES string of the molecule is CC[C@H](Oc1ccccc1-c1nnc(-c2ccccc2)o1)C(=O)N1CCOc2ccc(C)cc21. The predicted octanol–water partition coefficient (Wildman–Crippen LogP) is 5.30. The third-order valence-corrected chi connectivity index (χ3v) is 5.72. The number of benzene rings is 3. The highest BCUT2D eigenvalue weighted by Crippen LogP contribution is 2.35. The largest absolute Gasteiger partial charge is 0.490 e. The molecule has 0 aliphatic carbocycles. The number of rotatable bonds is 6.